The molecule has 3 aliphatic rings. The molecule has 0 aromatic heterocycles. The van der Waals surface area contributed by atoms with E-state index in [2.05, 4.69) is 47.6 Å². The average molecular weight is 645 g/mol. The molecule has 12 nitrogen and oxygen atoms in total. The maximum Gasteiger partial charge on any atom is 0.407 e. The van der Waals surface area contributed by atoms with Crippen LogP contribution in [0, 0.1) is 11.8 Å². The van der Waals surface area contributed by atoms with E-state index in [4.69, 9.17) is 35.5 Å². The summed E-state index contributed by atoms with van der Waals surface area (Å²) in [5.41, 5.74) is 0.537. The molecule has 0 aromatic carbocycles. The van der Waals surface area contributed by atoms with Crippen molar-refractivity contribution in [3.8, 4) is 0 Å². The van der Waals surface area contributed by atoms with Crippen LogP contribution in [0.25, 0.3) is 0 Å². The Hall–Kier alpha value is -2.12. The van der Waals surface area contributed by atoms with Gasteiger partial charge in [0.2, 0.25) is 5.91 Å². The number of amides is 3. The van der Waals surface area contributed by atoms with Gasteiger partial charge < -0.3 is 39.6 Å². The Bertz CT molecular complexity index is 990. The van der Waals surface area contributed by atoms with Crippen molar-refractivity contribution >= 4 is 29.9 Å². The summed E-state index contributed by atoms with van der Waals surface area (Å²) < 4.78 is 29.6. The number of unbranched alkanes of at least 4 members (excludes halogenated alkanes) is 3. The molecular formula is C31H53ClN4O8. The van der Waals surface area contributed by atoms with Gasteiger partial charge in [-0.3, -0.25) is 4.79 Å². The predicted octanol–water partition coefficient (Wildman–Crippen LogP) is 3.96. The zero-order valence-corrected chi connectivity index (χ0v) is 27.9. The van der Waals surface area contributed by atoms with Gasteiger partial charge in [-0.25, -0.2) is 14.4 Å². The van der Waals surface area contributed by atoms with Crippen LogP contribution >= 0.6 is 11.8 Å². The van der Waals surface area contributed by atoms with Crippen molar-refractivity contribution < 1.29 is 38.1 Å². The summed E-state index contributed by atoms with van der Waals surface area (Å²) in [5, 5.41) is 8.40. The van der Waals surface area contributed by atoms with Crippen molar-refractivity contribution in [2.75, 3.05) is 40.0 Å². The number of methoxy groups -OCH3 is 1. The standard InChI is InChI=1S/C31H53ClN4O8/c1-20(2)11-12-24-30(5,44-24)27-26(40-6)23(13-14-31(27)19-42-31)43-29(39)36-22(21(3)4)18-41-28(38)34-16-10-8-7-9-15-33-25(37)17-35-32/h11,21-24,26-27,35H,7-10,12-19H2,1-6H3,(H,33,37)(H,34,38)(H,36,39). The molecule has 4 N–H and O–H groups in total. The van der Waals surface area contributed by atoms with Crippen LogP contribution in [0.2, 0.25) is 0 Å². The molecule has 0 bridgehead atoms. The normalized spacial score (nSPS) is 29.5. The number of ether oxygens (including phenoxy) is 5. The lowest BCUT2D eigenvalue weighted by molar-refractivity contribution is -0.119. The molecule has 1 saturated carbocycles. The van der Waals surface area contributed by atoms with E-state index in [0.29, 0.717) is 26.1 Å². The fraction of sp³-hybridized carbons (Fsp3) is 0.839. The first-order valence-corrected chi connectivity index (χ1v) is 16.3. The molecule has 0 aromatic rings. The highest BCUT2D eigenvalue weighted by atomic mass is 35.5. The van der Waals surface area contributed by atoms with Gasteiger partial charge in [-0.1, -0.05) is 38.3 Å². The van der Waals surface area contributed by atoms with Gasteiger partial charge in [0.1, 0.15) is 30.0 Å². The molecule has 1 spiro atoms. The van der Waals surface area contributed by atoms with Gasteiger partial charge in [0.15, 0.2) is 0 Å². The van der Waals surface area contributed by atoms with Gasteiger partial charge in [0, 0.05) is 20.2 Å². The number of nitrogens with one attached hydrogen (secondary N) is 4. The zero-order valence-electron chi connectivity index (χ0n) is 27.2. The molecule has 2 heterocycles. The number of alkyl carbamates (subject to hydrolysis) is 2. The molecule has 2 aliphatic heterocycles. The Kier molecular flexibility index (Phi) is 14.0. The predicted molar refractivity (Wildman–Crippen MR) is 166 cm³/mol. The number of hydrogen-bond acceptors (Lipinski definition) is 9. The van der Waals surface area contributed by atoms with Crippen LogP contribution in [0.5, 0.6) is 0 Å². The molecule has 3 fully saturated rings. The maximum atomic E-state index is 13.1. The molecule has 13 heteroatoms. The van der Waals surface area contributed by atoms with Crippen LogP contribution in [0.3, 0.4) is 0 Å². The monoisotopic (exact) mass is 644 g/mol. The first-order valence-electron chi connectivity index (χ1n) is 15.9. The summed E-state index contributed by atoms with van der Waals surface area (Å²) >= 11 is 5.30. The first kappa shape index (κ1) is 36.3. The van der Waals surface area contributed by atoms with Gasteiger partial charge in [0.25, 0.3) is 0 Å². The third-order valence-electron chi connectivity index (χ3n) is 8.92. The van der Waals surface area contributed by atoms with Crippen molar-refractivity contribution in [1.82, 2.24) is 20.8 Å². The lowest BCUT2D eigenvalue weighted by Crippen LogP contribution is -2.56. The van der Waals surface area contributed by atoms with E-state index in [0.717, 1.165) is 38.5 Å². The summed E-state index contributed by atoms with van der Waals surface area (Å²) in [6.45, 7) is 12.0. The molecule has 252 valence electrons. The Morgan fingerprint density at radius 3 is 2.34 bits per heavy atom. The third kappa shape index (κ3) is 10.5. The molecule has 1 aliphatic carbocycles. The molecule has 7 atom stereocenters. The van der Waals surface area contributed by atoms with E-state index < -0.39 is 29.9 Å². The van der Waals surface area contributed by atoms with E-state index >= 15 is 0 Å². The van der Waals surface area contributed by atoms with Gasteiger partial charge in [0.05, 0.1) is 31.2 Å². The SMILES string of the molecule is COC1C(OC(=O)NC(COC(=O)NCCCCCCNC(=O)CNCl)C(C)C)CCC2(CO2)C1C1(C)OC1CC=C(C)C. The topological polar surface area (TPSA) is 152 Å². The molecular weight excluding hydrogens is 592 g/mol. The first-order chi connectivity index (χ1) is 21.0. The Morgan fingerprint density at radius 1 is 1.07 bits per heavy atom. The summed E-state index contributed by atoms with van der Waals surface area (Å²) in [4.78, 5) is 38.9. The Morgan fingerprint density at radius 2 is 1.75 bits per heavy atom. The quantitative estimate of drug-likeness (QED) is 0.0752. The minimum atomic E-state index is -0.566. The van der Waals surface area contributed by atoms with E-state index in [1.165, 1.54) is 5.57 Å². The summed E-state index contributed by atoms with van der Waals surface area (Å²) in [6.07, 6.45) is 6.03. The molecule has 0 radical (unpaired) electrons. The van der Waals surface area contributed by atoms with Crippen LogP contribution < -0.4 is 20.8 Å². The highest BCUT2D eigenvalue weighted by Gasteiger charge is 2.72. The van der Waals surface area contributed by atoms with E-state index in [1.807, 2.05) is 13.8 Å². The van der Waals surface area contributed by atoms with Crippen LogP contribution in [0.15, 0.2) is 11.6 Å². The smallest absolute Gasteiger partial charge is 0.407 e. The fourth-order valence-electron chi connectivity index (χ4n) is 6.16. The molecule has 44 heavy (non-hydrogen) atoms. The van der Waals surface area contributed by atoms with E-state index in [-0.39, 0.29) is 48.7 Å². The fourth-order valence-corrected chi connectivity index (χ4v) is 6.28. The van der Waals surface area contributed by atoms with Crippen molar-refractivity contribution in [1.29, 1.82) is 0 Å². The van der Waals surface area contributed by atoms with Crippen LogP contribution in [-0.2, 0) is 28.5 Å². The molecule has 2 saturated heterocycles. The summed E-state index contributed by atoms with van der Waals surface area (Å²) in [6, 6.07) is -0.423. The minimum Gasteiger partial charge on any atom is -0.447 e. The second-order valence-corrected chi connectivity index (χ2v) is 13.2. The lowest BCUT2D eigenvalue weighted by atomic mass is 9.68. The van der Waals surface area contributed by atoms with Crippen LogP contribution in [0.1, 0.15) is 79.6 Å². The number of carbonyl (C=O) groups excluding carboxylic acids is 3. The van der Waals surface area contributed by atoms with Gasteiger partial charge >= 0.3 is 12.2 Å². The van der Waals surface area contributed by atoms with Gasteiger partial charge in [-0.05, 0) is 70.6 Å². The van der Waals surface area contributed by atoms with Crippen molar-refractivity contribution in [3.63, 3.8) is 0 Å². The summed E-state index contributed by atoms with van der Waals surface area (Å²) in [5.74, 6) is -0.196. The number of rotatable bonds is 18. The number of hydrogen-bond donors (Lipinski definition) is 4. The van der Waals surface area contributed by atoms with Crippen LogP contribution in [-0.4, -0.2) is 93.6 Å². The third-order valence-corrected chi connectivity index (χ3v) is 9.05. The van der Waals surface area contributed by atoms with Crippen molar-refractivity contribution in [2.45, 2.75) is 115 Å². The number of epoxide rings is 2. The van der Waals surface area contributed by atoms with E-state index in [1.54, 1.807) is 7.11 Å². The highest BCUT2D eigenvalue weighted by Crippen LogP contribution is 2.59. The second kappa shape index (κ2) is 17.0. The average Bonchev–Trinajstić information content (AvgIpc) is 3.88. The Labute approximate surface area is 267 Å². The molecule has 3 amide bonds. The zero-order chi connectivity index (χ0) is 32.3. The summed E-state index contributed by atoms with van der Waals surface area (Å²) in [7, 11) is 1.65. The Balaban J connectivity index is 1.40. The van der Waals surface area contributed by atoms with Gasteiger partial charge in [-0.2, -0.15) is 0 Å². The second-order valence-electron chi connectivity index (χ2n) is 12.9. The van der Waals surface area contributed by atoms with E-state index in [9.17, 15) is 14.4 Å². The van der Waals surface area contributed by atoms with Crippen molar-refractivity contribution in [2.24, 2.45) is 11.8 Å². The van der Waals surface area contributed by atoms with Gasteiger partial charge in [-0.15, -0.1) is 0 Å². The molecule has 7 unspecified atom stereocenters. The van der Waals surface area contributed by atoms with Crippen molar-refractivity contribution in [3.05, 3.63) is 11.6 Å². The largest absolute Gasteiger partial charge is 0.447 e. The maximum absolute atomic E-state index is 13.1. The van der Waals surface area contributed by atoms with Crippen LogP contribution in [0.4, 0.5) is 9.59 Å². The molecule has 3 rings (SSSR count). The lowest BCUT2D eigenvalue weighted by Gasteiger charge is -2.42. The number of carbonyl (C=O) groups is 3. The number of allylic oxidation sites excluding steroid dienone is 1. The minimum absolute atomic E-state index is 0.00568. The highest BCUT2D eigenvalue weighted by molar-refractivity contribution is 6.14. The number of halogens is 1.